The second-order valence-corrected chi connectivity index (χ2v) is 5.99. The van der Waals surface area contributed by atoms with Gasteiger partial charge in [0.15, 0.2) is 11.6 Å². The lowest BCUT2D eigenvalue weighted by Gasteiger charge is -2.10. The Morgan fingerprint density at radius 2 is 1.85 bits per heavy atom. The maximum Gasteiger partial charge on any atom is 0.166 e. The molecule has 0 spiro atoms. The van der Waals surface area contributed by atoms with Crippen molar-refractivity contribution in [3.05, 3.63) is 56.7 Å². The molecule has 2 aromatic rings. The van der Waals surface area contributed by atoms with Gasteiger partial charge >= 0.3 is 0 Å². The standard InChI is InChI=1S/C15H14Br2FNO/c1-2-19-9-10-3-5-15(13(18)7-10)20-14-6-4-11(16)8-12(14)17/h3-8,19H,2,9H2,1H3. The van der Waals surface area contributed by atoms with E-state index in [-0.39, 0.29) is 11.6 Å². The summed E-state index contributed by atoms with van der Waals surface area (Å²) in [7, 11) is 0. The first kappa shape index (κ1) is 15.5. The average Bonchev–Trinajstić information content (AvgIpc) is 2.42. The Hall–Kier alpha value is -0.910. The Bertz CT molecular complexity index is 604. The van der Waals surface area contributed by atoms with Gasteiger partial charge in [-0.2, -0.15) is 0 Å². The monoisotopic (exact) mass is 401 g/mol. The Labute approximate surface area is 134 Å². The lowest BCUT2D eigenvalue weighted by atomic mass is 10.2. The maximum atomic E-state index is 14.0. The van der Waals surface area contributed by atoms with Crippen LogP contribution in [0.1, 0.15) is 12.5 Å². The van der Waals surface area contributed by atoms with E-state index in [1.165, 1.54) is 6.07 Å². The molecule has 20 heavy (non-hydrogen) atoms. The predicted molar refractivity (Wildman–Crippen MR) is 85.7 cm³/mol. The first-order valence-electron chi connectivity index (χ1n) is 6.22. The lowest BCUT2D eigenvalue weighted by molar-refractivity contribution is 0.439. The summed E-state index contributed by atoms with van der Waals surface area (Å²) < 4.78 is 21.3. The van der Waals surface area contributed by atoms with E-state index in [9.17, 15) is 4.39 Å². The Morgan fingerprint density at radius 3 is 2.50 bits per heavy atom. The summed E-state index contributed by atoms with van der Waals surface area (Å²) in [6.45, 7) is 3.51. The van der Waals surface area contributed by atoms with Gasteiger partial charge in [0, 0.05) is 11.0 Å². The van der Waals surface area contributed by atoms with Gasteiger partial charge < -0.3 is 10.1 Å². The molecule has 0 aliphatic rings. The van der Waals surface area contributed by atoms with Crippen molar-refractivity contribution in [1.29, 1.82) is 0 Å². The number of hydrogen-bond donors (Lipinski definition) is 1. The predicted octanol–water partition coefficient (Wildman–Crippen LogP) is 5.25. The smallest absolute Gasteiger partial charge is 0.166 e. The summed E-state index contributed by atoms with van der Waals surface area (Å²) in [5, 5.41) is 3.16. The van der Waals surface area contributed by atoms with E-state index in [1.54, 1.807) is 12.1 Å². The van der Waals surface area contributed by atoms with Gasteiger partial charge in [0.25, 0.3) is 0 Å². The fraction of sp³-hybridized carbons (Fsp3) is 0.200. The van der Waals surface area contributed by atoms with E-state index in [4.69, 9.17) is 4.74 Å². The molecule has 0 fully saturated rings. The molecule has 0 aliphatic heterocycles. The highest BCUT2D eigenvalue weighted by atomic mass is 79.9. The van der Waals surface area contributed by atoms with Crippen molar-refractivity contribution in [2.75, 3.05) is 6.54 Å². The summed E-state index contributed by atoms with van der Waals surface area (Å²) in [5.74, 6) is 0.426. The Balaban J connectivity index is 2.17. The first-order valence-corrected chi connectivity index (χ1v) is 7.81. The van der Waals surface area contributed by atoms with E-state index in [0.717, 1.165) is 21.1 Å². The SMILES string of the molecule is CCNCc1ccc(Oc2ccc(Br)cc2Br)c(F)c1. The molecule has 0 atom stereocenters. The minimum Gasteiger partial charge on any atom is -0.453 e. The normalized spacial score (nSPS) is 10.6. The molecule has 0 heterocycles. The van der Waals surface area contributed by atoms with E-state index in [2.05, 4.69) is 37.2 Å². The first-order chi connectivity index (χ1) is 9.60. The molecular weight excluding hydrogens is 389 g/mol. The van der Waals surface area contributed by atoms with Gasteiger partial charge in [0.2, 0.25) is 0 Å². The van der Waals surface area contributed by atoms with E-state index >= 15 is 0 Å². The Kier molecular flexibility index (Phi) is 5.57. The number of rotatable bonds is 5. The van der Waals surface area contributed by atoms with Crippen LogP contribution in [0.15, 0.2) is 45.3 Å². The zero-order chi connectivity index (χ0) is 14.5. The van der Waals surface area contributed by atoms with Crippen LogP contribution in [0, 0.1) is 5.82 Å². The Morgan fingerprint density at radius 1 is 1.10 bits per heavy atom. The molecule has 0 saturated heterocycles. The molecule has 0 amide bonds. The molecule has 0 saturated carbocycles. The third kappa shape index (κ3) is 4.04. The summed E-state index contributed by atoms with van der Waals surface area (Å²) >= 11 is 6.75. The van der Waals surface area contributed by atoms with Crippen LogP contribution in [0.3, 0.4) is 0 Å². The van der Waals surface area contributed by atoms with Gasteiger partial charge in [-0.05, 0) is 58.4 Å². The van der Waals surface area contributed by atoms with Crippen LogP contribution >= 0.6 is 31.9 Å². The number of ether oxygens (including phenoxy) is 1. The largest absolute Gasteiger partial charge is 0.453 e. The van der Waals surface area contributed by atoms with Crippen molar-refractivity contribution in [3.63, 3.8) is 0 Å². The van der Waals surface area contributed by atoms with Gasteiger partial charge in [-0.3, -0.25) is 0 Å². The maximum absolute atomic E-state index is 14.0. The minimum absolute atomic E-state index is 0.216. The average molecular weight is 403 g/mol. The second-order valence-electron chi connectivity index (χ2n) is 4.22. The number of hydrogen-bond acceptors (Lipinski definition) is 2. The van der Waals surface area contributed by atoms with Gasteiger partial charge in [0.05, 0.1) is 4.47 Å². The number of nitrogens with one attached hydrogen (secondary N) is 1. The second kappa shape index (κ2) is 7.20. The van der Waals surface area contributed by atoms with Crippen LogP contribution in [0.2, 0.25) is 0 Å². The van der Waals surface area contributed by atoms with Crippen molar-refractivity contribution >= 4 is 31.9 Å². The van der Waals surface area contributed by atoms with Crippen molar-refractivity contribution < 1.29 is 9.13 Å². The zero-order valence-corrected chi connectivity index (χ0v) is 14.1. The molecule has 0 radical (unpaired) electrons. The molecule has 0 bridgehead atoms. The van der Waals surface area contributed by atoms with Crippen molar-refractivity contribution in [2.45, 2.75) is 13.5 Å². The molecule has 106 valence electrons. The van der Waals surface area contributed by atoms with Crippen LogP contribution in [-0.2, 0) is 6.54 Å². The van der Waals surface area contributed by atoms with Gasteiger partial charge in [-0.25, -0.2) is 4.39 Å². The topological polar surface area (TPSA) is 21.3 Å². The molecule has 0 aromatic heterocycles. The highest BCUT2D eigenvalue weighted by molar-refractivity contribution is 9.11. The summed E-state index contributed by atoms with van der Waals surface area (Å²) in [6.07, 6.45) is 0. The summed E-state index contributed by atoms with van der Waals surface area (Å²) in [6, 6.07) is 10.5. The van der Waals surface area contributed by atoms with Crippen LogP contribution in [0.5, 0.6) is 11.5 Å². The molecule has 5 heteroatoms. The van der Waals surface area contributed by atoms with E-state index in [0.29, 0.717) is 12.3 Å². The van der Waals surface area contributed by atoms with Crippen molar-refractivity contribution in [1.82, 2.24) is 5.32 Å². The molecule has 2 aromatic carbocycles. The highest BCUT2D eigenvalue weighted by Crippen LogP contribution is 2.33. The van der Waals surface area contributed by atoms with Crippen molar-refractivity contribution in [3.8, 4) is 11.5 Å². The van der Waals surface area contributed by atoms with E-state index in [1.807, 2.05) is 25.1 Å². The molecule has 0 unspecified atom stereocenters. The summed E-state index contributed by atoms with van der Waals surface area (Å²) in [5.41, 5.74) is 0.895. The fourth-order valence-corrected chi connectivity index (χ4v) is 2.81. The van der Waals surface area contributed by atoms with E-state index < -0.39 is 0 Å². The summed E-state index contributed by atoms with van der Waals surface area (Å²) in [4.78, 5) is 0. The third-order valence-corrected chi connectivity index (χ3v) is 3.80. The van der Waals surface area contributed by atoms with Gasteiger partial charge in [-0.1, -0.05) is 28.9 Å². The molecule has 1 N–H and O–H groups in total. The van der Waals surface area contributed by atoms with Gasteiger partial charge in [0.1, 0.15) is 5.75 Å². The van der Waals surface area contributed by atoms with Crippen LogP contribution in [0.25, 0.3) is 0 Å². The van der Waals surface area contributed by atoms with Crippen molar-refractivity contribution in [2.24, 2.45) is 0 Å². The highest BCUT2D eigenvalue weighted by Gasteiger charge is 2.08. The fourth-order valence-electron chi connectivity index (χ4n) is 1.68. The quantitative estimate of drug-likeness (QED) is 0.737. The molecule has 2 nitrogen and oxygen atoms in total. The lowest BCUT2D eigenvalue weighted by Crippen LogP contribution is -2.11. The zero-order valence-electron chi connectivity index (χ0n) is 10.9. The number of benzene rings is 2. The number of halogens is 3. The van der Waals surface area contributed by atoms with Crippen LogP contribution < -0.4 is 10.1 Å². The van der Waals surface area contributed by atoms with Crippen LogP contribution in [0.4, 0.5) is 4.39 Å². The third-order valence-electron chi connectivity index (χ3n) is 2.69. The minimum atomic E-state index is -0.366. The molecule has 0 aliphatic carbocycles. The van der Waals surface area contributed by atoms with Crippen LogP contribution in [-0.4, -0.2) is 6.54 Å². The van der Waals surface area contributed by atoms with Gasteiger partial charge in [-0.15, -0.1) is 0 Å². The molecule has 2 rings (SSSR count). The molecular formula is C15H14Br2FNO.